The molecule has 0 saturated carbocycles. The highest BCUT2D eigenvalue weighted by Crippen LogP contribution is 2.48. The molecule has 0 unspecified atom stereocenters. The number of H-pyrrole nitrogens is 2. The molecule has 284 valence electrons. The third-order valence-electron chi connectivity index (χ3n) is 11.2. The lowest BCUT2D eigenvalue weighted by atomic mass is 9.70. The van der Waals surface area contributed by atoms with Crippen LogP contribution >= 0.6 is 0 Å². The number of aromatic amines is 2. The summed E-state index contributed by atoms with van der Waals surface area (Å²) in [5.41, 5.74) is 11.5. The Hall–Kier alpha value is -4.73. The number of rotatable bonds is 14. The van der Waals surface area contributed by atoms with Gasteiger partial charge in [0.15, 0.2) is 0 Å². The van der Waals surface area contributed by atoms with E-state index in [9.17, 15) is 14.4 Å². The molecule has 3 aromatic rings. The molecule has 0 aromatic carbocycles. The maximum Gasteiger partial charge on any atom is 0.305 e. The highest BCUT2D eigenvalue weighted by atomic mass is 16.5. The summed E-state index contributed by atoms with van der Waals surface area (Å²) < 4.78 is 10.0. The average molecular weight is 724 g/mol. The van der Waals surface area contributed by atoms with Gasteiger partial charge < -0.3 is 24.3 Å². The van der Waals surface area contributed by atoms with Crippen molar-refractivity contribution in [2.45, 2.75) is 117 Å². The van der Waals surface area contributed by atoms with Crippen LogP contribution in [0.2, 0.25) is 0 Å². The molecule has 0 spiro atoms. The first kappa shape index (κ1) is 39.5. The summed E-state index contributed by atoms with van der Waals surface area (Å²) in [7, 11) is 6.45. The number of unbranched alkanes of at least 4 members (excludes halogenated alkanes) is 4. The number of amides is 1. The molecule has 2 aliphatic heterocycles. The number of carbonyl (C=O) groups is 3. The number of aryl methyl sites for hydroxylation is 3. The number of hydrogen-bond donors (Lipinski definition) is 2. The third-order valence-corrected chi connectivity index (χ3v) is 11.2. The van der Waals surface area contributed by atoms with Crippen LogP contribution in [0.4, 0.5) is 0 Å². The van der Waals surface area contributed by atoms with Crippen LogP contribution in [0.25, 0.3) is 33.2 Å². The molecule has 10 nitrogen and oxygen atoms in total. The third kappa shape index (κ3) is 8.74. The molecule has 3 aromatic heterocycles. The molecular weight excluding hydrogens is 667 g/mol. The molecule has 0 radical (unpaired) electrons. The number of allylic oxidation sites excluding steroid dienone is 2. The smallest absolute Gasteiger partial charge is 0.305 e. The van der Waals surface area contributed by atoms with Gasteiger partial charge in [-0.2, -0.15) is 0 Å². The van der Waals surface area contributed by atoms with Gasteiger partial charge in [-0.05, 0) is 98.2 Å². The van der Waals surface area contributed by atoms with Crippen LogP contribution in [0, 0.1) is 13.8 Å². The maximum atomic E-state index is 13.5. The lowest BCUT2D eigenvalue weighted by molar-refractivity contribution is -0.141. The standard InChI is InChI=1S/C43H57N5O5/c1-10-11-12-13-14-15-32-38-23-35-28(4)31(17-19-42(51)53-9)37(46-35)24-36-30(16-18-41(50)52-8)27(3)34(45-36)22-33-26(2)20-29(44-33)21-39(47-38)43(32,5)25-40(49)48(6)7/h20-24,32,44,46H,10-19,25H2,1-9H3/t32-,43-/m1/s1. The number of nitrogens with zero attached hydrogens (tertiary/aromatic N) is 3. The molecule has 5 rings (SSSR count). The summed E-state index contributed by atoms with van der Waals surface area (Å²) in [5.74, 6) is -0.474. The first-order valence-electron chi connectivity index (χ1n) is 19.1. The summed E-state index contributed by atoms with van der Waals surface area (Å²) in [5, 5.41) is 0. The van der Waals surface area contributed by atoms with Crippen molar-refractivity contribution in [3.05, 3.63) is 69.8 Å². The van der Waals surface area contributed by atoms with Crippen molar-refractivity contribution in [2.75, 3.05) is 28.3 Å². The van der Waals surface area contributed by atoms with Crippen LogP contribution in [-0.4, -0.2) is 71.0 Å². The van der Waals surface area contributed by atoms with E-state index in [0.717, 1.165) is 91.9 Å². The van der Waals surface area contributed by atoms with E-state index in [1.54, 1.807) is 4.90 Å². The number of fused-ring (bicyclic) bond motifs is 8. The first-order valence-corrected chi connectivity index (χ1v) is 19.1. The molecule has 10 heteroatoms. The Labute approximate surface area is 313 Å². The summed E-state index contributed by atoms with van der Waals surface area (Å²) >= 11 is 0. The van der Waals surface area contributed by atoms with Gasteiger partial charge >= 0.3 is 11.9 Å². The van der Waals surface area contributed by atoms with Gasteiger partial charge in [0.1, 0.15) is 0 Å². The Kier molecular flexibility index (Phi) is 12.6. The lowest BCUT2D eigenvalue weighted by Crippen LogP contribution is -2.34. The van der Waals surface area contributed by atoms with E-state index in [1.807, 2.05) is 27.1 Å². The number of hydrogen-bond acceptors (Lipinski definition) is 7. The second kappa shape index (κ2) is 16.9. The van der Waals surface area contributed by atoms with E-state index in [4.69, 9.17) is 19.4 Å². The molecule has 1 amide bonds. The zero-order chi connectivity index (χ0) is 38.4. The lowest BCUT2D eigenvalue weighted by Gasteiger charge is -2.32. The molecule has 2 aliphatic rings. The number of methoxy groups -OCH3 is 2. The van der Waals surface area contributed by atoms with Gasteiger partial charge in [0, 0.05) is 78.1 Å². The van der Waals surface area contributed by atoms with Crippen molar-refractivity contribution < 1.29 is 23.9 Å². The predicted molar refractivity (Wildman–Crippen MR) is 211 cm³/mol. The number of aromatic nitrogens is 4. The highest BCUT2D eigenvalue weighted by molar-refractivity contribution is 5.94. The topological polar surface area (TPSA) is 130 Å². The van der Waals surface area contributed by atoms with Gasteiger partial charge in [0.05, 0.1) is 25.6 Å². The van der Waals surface area contributed by atoms with E-state index in [1.165, 1.54) is 33.5 Å². The van der Waals surface area contributed by atoms with Gasteiger partial charge in [-0.15, -0.1) is 0 Å². The zero-order valence-corrected chi connectivity index (χ0v) is 33.1. The van der Waals surface area contributed by atoms with Crippen molar-refractivity contribution in [2.24, 2.45) is 0 Å². The van der Waals surface area contributed by atoms with Crippen LogP contribution < -0.4 is 0 Å². The Morgan fingerprint density at radius 3 is 2.17 bits per heavy atom. The molecule has 0 fully saturated rings. The number of nitrogens with one attached hydrogen (secondary N) is 2. The maximum absolute atomic E-state index is 13.5. The largest absolute Gasteiger partial charge is 0.469 e. The van der Waals surface area contributed by atoms with E-state index in [2.05, 4.69) is 61.9 Å². The van der Waals surface area contributed by atoms with Crippen LogP contribution in [-0.2, 0) is 35.7 Å². The fraction of sp³-hybridized carbons (Fsp3) is 0.512. The average Bonchev–Trinajstić information content (AvgIpc) is 3.79. The van der Waals surface area contributed by atoms with Gasteiger partial charge in [0.2, 0.25) is 5.91 Å². The number of carbonyl (C=O) groups excluding carboxylic acids is 3. The summed E-state index contributed by atoms with van der Waals surface area (Å²) in [6.07, 6.45) is 8.41. The molecule has 8 bridgehead atoms. The van der Waals surface area contributed by atoms with Gasteiger partial charge in [-0.3, -0.25) is 19.4 Å². The minimum absolute atomic E-state index is 0.0113. The Morgan fingerprint density at radius 2 is 1.49 bits per heavy atom. The normalized spacial score (nSPS) is 16.9. The number of ether oxygens (including phenoxy) is 2. The quantitative estimate of drug-likeness (QED) is 0.126. The molecule has 53 heavy (non-hydrogen) atoms. The highest BCUT2D eigenvalue weighted by Gasteiger charge is 2.44. The number of esters is 2. The minimum atomic E-state index is -0.537. The first-order chi connectivity index (χ1) is 25.3. The van der Waals surface area contributed by atoms with Crippen molar-refractivity contribution in [3.63, 3.8) is 0 Å². The van der Waals surface area contributed by atoms with Gasteiger partial charge in [-0.25, -0.2) is 4.98 Å². The van der Waals surface area contributed by atoms with E-state index >= 15 is 0 Å². The van der Waals surface area contributed by atoms with Crippen molar-refractivity contribution in [3.8, 4) is 0 Å². The van der Waals surface area contributed by atoms with Crippen molar-refractivity contribution in [1.29, 1.82) is 0 Å². The van der Waals surface area contributed by atoms with Crippen molar-refractivity contribution >= 4 is 51.1 Å². The second-order valence-electron chi connectivity index (χ2n) is 15.2. The van der Waals surface area contributed by atoms with E-state index in [-0.39, 0.29) is 36.6 Å². The van der Waals surface area contributed by atoms with Crippen LogP contribution in [0.5, 0.6) is 0 Å². The SMILES string of the molecule is CCCCCCC[C@@H]1c2cc3[nH]c(cc4nc(cc5[nH]c(cc(n2)[C@]1(C)CC(=O)N(C)C)cc5C)C(C)=C4CCC(=O)OC)c(CCC(=O)OC)c3C. The minimum Gasteiger partial charge on any atom is -0.469 e. The van der Waals surface area contributed by atoms with E-state index < -0.39 is 5.41 Å². The molecule has 5 heterocycles. The van der Waals surface area contributed by atoms with Crippen LogP contribution in [0.3, 0.4) is 0 Å². The second-order valence-corrected chi connectivity index (χ2v) is 15.2. The summed E-state index contributed by atoms with van der Waals surface area (Å²) in [6.45, 7) is 10.6. The monoisotopic (exact) mass is 723 g/mol. The fourth-order valence-electron chi connectivity index (χ4n) is 7.81. The summed E-state index contributed by atoms with van der Waals surface area (Å²) in [4.78, 5) is 57.7. The molecule has 2 atom stereocenters. The molecule has 0 saturated heterocycles. The Balaban J connectivity index is 1.83. The fourth-order valence-corrected chi connectivity index (χ4v) is 7.81. The predicted octanol–water partition coefficient (Wildman–Crippen LogP) is 8.80. The van der Waals surface area contributed by atoms with Crippen molar-refractivity contribution in [1.82, 2.24) is 24.8 Å². The molecular formula is C43H57N5O5. The Morgan fingerprint density at radius 1 is 0.811 bits per heavy atom. The molecule has 2 N–H and O–H groups in total. The van der Waals surface area contributed by atoms with Crippen LogP contribution in [0.15, 0.2) is 30.3 Å². The Bertz CT molecular complexity index is 2050. The molecule has 0 aliphatic carbocycles. The van der Waals surface area contributed by atoms with Gasteiger partial charge in [0.25, 0.3) is 0 Å². The summed E-state index contributed by atoms with van der Waals surface area (Å²) in [6, 6.07) is 10.5. The van der Waals surface area contributed by atoms with Crippen LogP contribution in [0.1, 0.15) is 130 Å². The zero-order valence-electron chi connectivity index (χ0n) is 33.1. The van der Waals surface area contributed by atoms with Gasteiger partial charge in [-0.1, -0.05) is 46.0 Å². The van der Waals surface area contributed by atoms with E-state index in [0.29, 0.717) is 19.3 Å².